The SMILES string of the molecule is Fc1cc2c(cc1I)nc(CCl)n2CC1CCCC1. The fraction of sp³-hybridized carbons (Fsp3) is 0.500. The van der Waals surface area contributed by atoms with Crippen molar-refractivity contribution in [3.8, 4) is 0 Å². The molecular weight excluding hydrogens is 378 g/mol. The summed E-state index contributed by atoms with van der Waals surface area (Å²) < 4.78 is 16.5. The van der Waals surface area contributed by atoms with E-state index < -0.39 is 0 Å². The van der Waals surface area contributed by atoms with Crippen LogP contribution in [0.15, 0.2) is 12.1 Å². The number of nitrogens with zero attached hydrogens (tertiary/aromatic N) is 2. The van der Waals surface area contributed by atoms with E-state index in [9.17, 15) is 4.39 Å². The lowest BCUT2D eigenvalue weighted by Crippen LogP contribution is -2.10. The van der Waals surface area contributed by atoms with Crippen molar-refractivity contribution in [3.63, 3.8) is 0 Å². The first kappa shape index (κ1) is 13.6. The van der Waals surface area contributed by atoms with Gasteiger partial charge in [-0.3, -0.25) is 0 Å². The van der Waals surface area contributed by atoms with Crippen molar-refractivity contribution in [2.45, 2.75) is 38.1 Å². The lowest BCUT2D eigenvalue weighted by atomic mass is 10.1. The van der Waals surface area contributed by atoms with E-state index in [-0.39, 0.29) is 5.82 Å². The number of alkyl halides is 1. The van der Waals surface area contributed by atoms with E-state index in [4.69, 9.17) is 11.6 Å². The van der Waals surface area contributed by atoms with Gasteiger partial charge in [0.15, 0.2) is 0 Å². The van der Waals surface area contributed by atoms with Gasteiger partial charge in [0.25, 0.3) is 0 Å². The van der Waals surface area contributed by atoms with Crippen LogP contribution in [0.4, 0.5) is 4.39 Å². The summed E-state index contributed by atoms with van der Waals surface area (Å²) in [5, 5.41) is 0. The van der Waals surface area contributed by atoms with Gasteiger partial charge in [-0.1, -0.05) is 12.8 Å². The number of fused-ring (bicyclic) bond motifs is 1. The molecule has 0 unspecified atom stereocenters. The van der Waals surface area contributed by atoms with Crippen molar-refractivity contribution in [2.75, 3.05) is 0 Å². The van der Waals surface area contributed by atoms with E-state index in [1.807, 2.05) is 22.6 Å². The number of rotatable bonds is 3. The topological polar surface area (TPSA) is 17.8 Å². The van der Waals surface area contributed by atoms with E-state index in [1.54, 1.807) is 12.1 Å². The summed E-state index contributed by atoms with van der Waals surface area (Å²) in [5.41, 5.74) is 1.72. The molecule has 2 aromatic rings. The zero-order valence-electron chi connectivity index (χ0n) is 10.5. The molecule has 3 rings (SSSR count). The first-order valence-corrected chi connectivity index (χ1v) is 8.20. The Morgan fingerprint density at radius 2 is 2.11 bits per heavy atom. The van der Waals surface area contributed by atoms with Crippen molar-refractivity contribution in [1.29, 1.82) is 0 Å². The lowest BCUT2D eigenvalue weighted by Gasteiger charge is -2.13. The molecule has 0 N–H and O–H groups in total. The summed E-state index contributed by atoms with van der Waals surface area (Å²) in [4.78, 5) is 4.53. The Hall–Kier alpha value is -0.360. The second-order valence-electron chi connectivity index (χ2n) is 5.18. The van der Waals surface area contributed by atoms with Gasteiger partial charge in [0.05, 0.1) is 20.5 Å². The molecule has 0 aliphatic heterocycles. The highest BCUT2D eigenvalue weighted by Gasteiger charge is 2.19. The molecule has 102 valence electrons. The van der Waals surface area contributed by atoms with Crippen molar-refractivity contribution in [3.05, 3.63) is 27.3 Å². The minimum atomic E-state index is -0.179. The molecular formula is C14H15ClFIN2. The molecule has 0 atom stereocenters. The largest absolute Gasteiger partial charge is 0.327 e. The van der Waals surface area contributed by atoms with E-state index >= 15 is 0 Å². The van der Waals surface area contributed by atoms with Crippen LogP contribution in [0.3, 0.4) is 0 Å². The Balaban J connectivity index is 2.06. The lowest BCUT2D eigenvalue weighted by molar-refractivity contribution is 0.457. The molecule has 19 heavy (non-hydrogen) atoms. The van der Waals surface area contributed by atoms with Crippen LogP contribution >= 0.6 is 34.2 Å². The second-order valence-corrected chi connectivity index (χ2v) is 6.61. The Morgan fingerprint density at radius 1 is 1.37 bits per heavy atom. The predicted molar refractivity (Wildman–Crippen MR) is 83.9 cm³/mol. The number of hydrogen-bond donors (Lipinski definition) is 0. The molecule has 1 aromatic carbocycles. The molecule has 1 aliphatic rings. The highest BCUT2D eigenvalue weighted by molar-refractivity contribution is 14.1. The van der Waals surface area contributed by atoms with Gasteiger partial charge in [0, 0.05) is 12.6 Å². The van der Waals surface area contributed by atoms with E-state index in [2.05, 4.69) is 9.55 Å². The fourth-order valence-corrected chi connectivity index (χ4v) is 3.58. The van der Waals surface area contributed by atoms with Gasteiger partial charge < -0.3 is 4.57 Å². The third kappa shape index (κ3) is 2.61. The molecule has 0 saturated heterocycles. The second kappa shape index (κ2) is 5.56. The van der Waals surface area contributed by atoms with Crippen LogP contribution in [-0.4, -0.2) is 9.55 Å². The van der Waals surface area contributed by atoms with E-state index in [0.29, 0.717) is 15.4 Å². The van der Waals surface area contributed by atoms with Crippen LogP contribution in [0.1, 0.15) is 31.5 Å². The molecule has 0 amide bonds. The Morgan fingerprint density at radius 3 is 2.79 bits per heavy atom. The molecule has 1 saturated carbocycles. The van der Waals surface area contributed by atoms with Crippen LogP contribution in [0, 0.1) is 15.3 Å². The number of hydrogen-bond acceptors (Lipinski definition) is 1. The third-order valence-corrected chi connectivity index (χ3v) is 4.97. The first-order valence-electron chi connectivity index (χ1n) is 6.59. The summed E-state index contributed by atoms with van der Waals surface area (Å²) in [6.45, 7) is 0.915. The van der Waals surface area contributed by atoms with Crippen molar-refractivity contribution in [1.82, 2.24) is 9.55 Å². The molecule has 2 nitrogen and oxygen atoms in total. The molecule has 0 spiro atoms. The highest BCUT2D eigenvalue weighted by Crippen LogP contribution is 2.29. The predicted octanol–water partition coefficient (Wildman–Crippen LogP) is 4.71. The average Bonchev–Trinajstić information content (AvgIpc) is 3.00. The Bertz CT molecular complexity index is 605. The van der Waals surface area contributed by atoms with E-state index in [1.165, 1.54) is 25.7 Å². The smallest absolute Gasteiger partial charge is 0.138 e. The van der Waals surface area contributed by atoms with Crippen molar-refractivity contribution < 1.29 is 4.39 Å². The van der Waals surface area contributed by atoms with Crippen LogP contribution in [-0.2, 0) is 12.4 Å². The summed E-state index contributed by atoms with van der Waals surface area (Å²) in [6.07, 6.45) is 5.13. The minimum Gasteiger partial charge on any atom is -0.327 e. The third-order valence-electron chi connectivity index (χ3n) is 3.90. The van der Waals surface area contributed by atoms with Gasteiger partial charge in [-0.2, -0.15) is 0 Å². The maximum atomic E-state index is 13.8. The molecule has 5 heteroatoms. The zero-order chi connectivity index (χ0) is 13.4. The molecule has 1 heterocycles. The van der Waals surface area contributed by atoms with Gasteiger partial charge in [0.2, 0.25) is 0 Å². The monoisotopic (exact) mass is 392 g/mol. The molecule has 1 aliphatic carbocycles. The molecule has 0 bridgehead atoms. The zero-order valence-corrected chi connectivity index (χ0v) is 13.4. The normalized spacial score (nSPS) is 16.6. The van der Waals surface area contributed by atoms with Crippen molar-refractivity contribution >= 4 is 45.2 Å². The number of halogens is 3. The van der Waals surface area contributed by atoms with Crippen LogP contribution in [0.25, 0.3) is 11.0 Å². The summed E-state index contributed by atoms with van der Waals surface area (Å²) >= 11 is 7.99. The maximum Gasteiger partial charge on any atom is 0.138 e. The van der Waals surface area contributed by atoms with Gasteiger partial charge >= 0.3 is 0 Å². The standard InChI is InChI=1S/C14H15ClFIN2/c15-7-14-18-12-6-11(17)10(16)5-13(12)19(14)8-9-3-1-2-4-9/h5-6,9H,1-4,7-8H2. The Kier molecular flexibility index (Phi) is 3.98. The Labute approximate surface area is 130 Å². The van der Waals surface area contributed by atoms with Crippen LogP contribution in [0.5, 0.6) is 0 Å². The first-order chi connectivity index (χ1) is 9.19. The number of benzene rings is 1. The minimum absolute atomic E-state index is 0.179. The molecule has 1 fully saturated rings. The van der Waals surface area contributed by atoms with Gasteiger partial charge in [0.1, 0.15) is 11.6 Å². The van der Waals surface area contributed by atoms with Crippen LogP contribution < -0.4 is 0 Å². The fourth-order valence-electron chi connectivity index (χ4n) is 2.93. The maximum absolute atomic E-state index is 13.8. The van der Waals surface area contributed by atoms with Gasteiger partial charge in [-0.25, -0.2) is 9.37 Å². The summed E-state index contributed by atoms with van der Waals surface area (Å²) in [7, 11) is 0. The van der Waals surface area contributed by atoms with Gasteiger partial charge in [-0.15, -0.1) is 11.6 Å². The summed E-state index contributed by atoms with van der Waals surface area (Å²) in [5.74, 6) is 1.73. The van der Waals surface area contributed by atoms with Gasteiger partial charge in [-0.05, 0) is 47.4 Å². The summed E-state index contributed by atoms with van der Waals surface area (Å²) in [6, 6.07) is 3.39. The molecule has 0 radical (unpaired) electrons. The van der Waals surface area contributed by atoms with Crippen molar-refractivity contribution in [2.24, 2.45) is 5.92 Å². The van der Waals surface area contributed by atoms with E-state index in [0.717, 1.165) is 23.4 Å². The highest BCUT2D eigenvalue weighted by atomic mass is 127. The number of imidazole rings is 1. The molecule has 1 aromatic heterocycles. The number of aromatic nitrogens is 2. The van der Waals surface area contributed by atoms with Crippen LogP contribution in [0.2, 0.25) is 0 Å². The quantitative estimate of drug-likeness (QED) is 0.546. The average molecular weight is 393 g/mol.